The number of carboxylic acids is 1. The van der Waals surface area contributed by atoms with Gasteiger partial charge >= 0.3 is 11.9 Å². The first-order chi connectivity index (χ1) is 5.96. The van der Waals surface area contributed by atoms with Gasteiger partial charge in [0, 0.05) is 0 Å². The van der Waals surface area contributed by atoms with Crippen molar-refractivity contribution in [2.75, 3.05) is 13.7 Å². The number of hydrogen-bond acceptors (Lipinski definition) is 4. The van der Waals surface area contributed by atoms with Crippen LogP contribution < -0.4 is 5.32 Å². The molecule has 13 heavy (non-hydrogen) atoms. The molecule has 0 aromatic carbocycles. The Kier molecular flexibility index (Phi) is 4.40. The molecule has 0 aliphatic carbocycles. The third kappa shape index (κ3) is 3.42. The van der Waals surface area contributed by atoms with Crippen LogP contribution in [0.2, 0.25) is 0 Å². The molecule has 0 rings (SSSR count). The molecule has 2 N–H and O–H groups in total. The molecule has 5 nitrogen and oxygen atoms in total. The number of rotatable bonds is 5. The predicted molar refractivity (Wildman–Crippen MR) is 46.4 cm³/mol. The first kappa shape index (κ1) is 11.9. The Morgan fingerprint density at radius 2 is 2.08 bits per heavy atom. The SMILES string of the molecule is CCC(C)(NCC(=O)OC)C(=O)O. The van der Waals surface area contributed by atoms with Gasteiger partial charge in [0.15, 0.2) is 0 Å². The van der Waals surface area contributed by atoms with E-state index in [0.717, 1.165) is 0 Å². The molecular weight excluding hydrogens is 174 g/mol. The van der Waals surface area contributed by atoms with Gasteiger partial charge in [0.1, 0.15) is 5.54 Å². The van der Waals surface area contributed by atoms with Gasteiger partial charge in [-0.3, -0.25) is 14.9 Å². The second-order valence-electron chi connectivity index (χ2n) is 2.92. The highest BCUT2D eigenvalue weighted by atomic mass is 16.5. The molecule has 0 spiro atoms. The van der Waals surface area contributed by atoms with E-state index < -0.39 is 17.5 Å². The molecule has 0 aromatic heterocycles. The highest BCUT2D eigenvalue weighted by molar-refractivity contribution is 5.79. The summed E-state index contributed by atoms with van der Waals surface area (Å²) in [4.78, 5) is 21.5. The lowest BCUT2D eigenvalue weighted by Crippen LogP contribution is -2.50. The van der Waals surface area contributed by atoms with Crippen LogP contribution in [0.5, 0.6) is 0 Å². The van der Waals surface area contributed by atoms with Crippen LogP contribution in [-0.2, 0) is 14.3 Å². The lowest BCUT2D eigenvalue weighted by atomic mass is 9.99. The number of aliphatic carboxylic acids is 1. The zero-order chi connectivity index (χ0) is 10.5. The summed E-state index contributed by atoms with van der Waals surface area (Å²) in [5.41, 5.74) is -1.06. The van der Waals surface area contributed by atoms with E-state index in [-0.39, 0.29) is 6.54 Å². The van der Waals surface area contributed by atoms with E-state index in [1.54, 1.807) is 6.92 Å². The van der Waals surface area contributed by atoms with Gasteiger partial charge in [0.05, 0.1) is 13.7 Å². The number of nitrogens with one attached hydrogen (secondary N) is 1. The predicted octanol–water partition coefficient (Wildman–Crippen LogP) is 0.00230. The number of methoxy groups -OCH3 is 1. The van der Waals surface area contributed by atoms with Crippen LogP contribution in [0, 0.1) is 0 Å². The second kappa shape index (κ2) is 4.81. The maximum Gasteiger partial charge on any atom is 0.323 e. The van der Waals surface area contributed by atoms with Gasteiger partial charge in [-0.15, -0.1) is 0 Å². The normalized spacial score (nSPS) is 14.7. The maximum atomic E-state index is 10.7. The minimum atomic E-state index is -1.06. The second-order valence-corrected chi connectivity index (χ2v) is 2.92. The van der Waals surface area contributed by atoms with Crippen molar-refractivity contribution in [1.82, 2.24) is 5.32 Å². The molecule has 0 radical (unpaired) electrons. The summed E-state index contributed by atoms with van der Waals surface area (Å²) in [6.07, 6.45) is 0.402. The number of carboxylic acid groups (broad SMARTS) is 1. The smallest absolute Gasteiger partial charge is 0.323 e. The Bertz CT molecular complexity index is 204. The number of carbonyl (C=O) groups excluding carboxylic acids is 1. The minimum Gasteiger partial charge on any atom is -0.480 e. The summed E-state index contributed by atoms with van der Waals surface area (Å²) in [7, 11) is 1.26. The molecule has 1 atom stereocenters. The number of esters is 1. The van der Waals surface area contributed by atoms with Crippen molar-refractivity contribution in [1.29, 1.82) is 0 Å². The molecule has 0 saturated heterocycles. The Labute approximate surface area is 77.1 Å². The van der Waals surface area contributed by atoms with Gasteiger partial charge in [0.25, 0.3) is 0 Å². The number of hydrogen-bond donors (Lipinski definition) is 2. The largest absolute Gasteiger partial charge is 0.480 e. The average Bonchev–Trinajstić information content (AvgIpc) is 2.13. The Morgan fingerprint density at radius 3 is 2.38 bits per heavy atom. The third-order valence-electron chi connectivity index (χ3n) is 2.03. The molecular formula is C8H15NO4. The van der Waals surface area contributed by atoms with Gasteiger partial charge in [-0.2, -0.15) is 0 Å². The topological polar surface area (TPSA) is 75.6 Å². The first-order valence-corrected chi connectivity index (χ1v) is 4.01. The van der Waals surface area contributed by atoms with E-state index in [2.05, 4.69) is 10.1 Å². The minimum absolute atomic E-state index is 0.0901. The van der Waals surface area contributed by atoms with Crippen LogP contribution in [0.3, 0.4) is 0 Å². The fourth-order valence-corrected chi connectivity index (χ4v) is 0.691. The summed E-state index contributed by atoms with van der Waals surface area (Å²) >= 11 is 0. The molecule has 0 aliphatic heterocycles. The van der Waals surface area contributed by atoms with Crippen molar-refractivity contribution < 1.29 is 19.4 Å². The van der Waals surface area contributed by atoms with E-state index in [0.29, 0.717) is 6.42 Å². The molecule has 0 bridgehead atoms. The van der Waals surface area contributed by atoms with E-state index in [4.69, 9.17) is 5.11 Å². The molecule has 0 heterocycles. The average molecular weight is 189 g/mol. The van der Waals surface area contributed by atoms with Crippen LogP contribution in [0.25, 0.3) is 0 Å². The van der Waals surface area contributed by atoms with Gasteiger partial charge in [0.2, 0.25) is 0 Å². The fourth-order valence-electron chi connectivity index (χ4n) is 0.691. The van der Waals surface area contributed by atoms with Gasteiger partial charge in [-0.05, 0) is 13.3 Å². The standard InChI is InChI=1S/C8H15NO4/c1-4-8(2,7(11)12)9-5-6(10)13-3/h9H,4-5H2,1-3H3,(H,11,12). The van der Waals surface area contributed by atoms with Crippen molar-refractivity contribution in [2.24, 2.45) is 0 Å². The van der Waals surface area contributed by atoms with E-state index >= 15 is 0 Å². The molecule has 0 amide bonds. The maximum absolute atomic E-state index is 10.7. The number of ether oxygens (including phenoxy) is 1. The molecule has 0 aliphatic rings. The lowest BCUT2D eigenvalue weighted by Gasteiger charge is -2.23. The van der Waals surface area contributed by atoms with Crippen molar-refractivity contribution >= 4 is 11.9 Å². The highest BCUT2D eigenvalue weighted by Gasteiger charge is 2.30. The van der Waals surface area contributed by atoms with Crippen LogP contribution in [0.4, 0.5) is 0 Å². The van der Waals surface area contributed by atoms with Crippen molar-refractivity contribution in [2.45, 2.75) is 25.8 Å². The Balaban J connectivity index is 4.13. The van der Waals surface area contributed by atoms with Crippen LogP contribution >= 0.6 is 0 Å². The summed E-state index contributed by atoms with van der Waals surface area (Å²) in [5, 5.41) is 11.4. The zero-order valence-electron chi connectivity index (χ0n) is 8.09. The van der Waals surface area contributed by atoms with Crippen LogP contribution in [-0.4, -0.2) is 36.2 Å². The molecule has 5 heteroatoms. The molecule has 0 aromatic rings. The molecule has 76 valence electrons. The summed E-state index contributed by atoms with van der Waals surface area (Å²) in [6, 6.07) is 0. The summed E-state index contributed by atoms with van der Waals surface area (Å²) < 4.78 is 4.38. The molecule has 0 saturated carbocycles. The van der Waals surface area contributed by atoms with Crippen LogP contribution in [0.15, 0.2) is 0 Å². The summed E-state index contributed by atoms with van der Waals surface area (Å²) in [5.74, 6) is -1.44. The summed E-state index contributed by atoms with van der Waals surface area (Å²) in [6.45, 7) is 3.17. The van der Waals surface area contributed by atoms with Crippen molar-refractivity contribution in [3.63, 3.8) is 0 Å². The van der Waals surface area contributed by atoms with Crippen LogP contribution in [0.1, 0.15) is 20.3 Å². The third-order valence-corrected chi connectivity index (χ3v) is 2.03. The first-order valence-electron chi connectivity index (χ1n) is 4.01. The van der Waals surface area contributed by atoms with Crippen molar-refractivity contribution in [3.05, 3.63) is 0 Å². The van der Waals surface area contributed by atoms with Gasteiger partial charge in [-0.1, -0.05) is 6.92 Å². The molecule has 1 unspecified atom stereocenters. The quantitative estimate of drug-likeness (QED) is 0.595. The number of carbonyl (C=O) groups is 2. The highest BCUT2D eigenvalue weighted by Crippen LogP contribution is 2.08. The van der Waals surface area contributed by atoms with Gasteiger partial charge in [-0.25, -0.2) is 0 Å². The fraction of sp³-hybridized carbons (Fsp3) is 0.750. The Hall–Kier alpha value is -1.10. The van der Waals surface area contributed by atoms with E-state index in [9.17, 15) is 9.59 Å². The van der Waals surface area contributed by atoms with Crippen molar-refractivity contribution in [3.8, 4) is 0 Å². The Morgan fingerprint density at radius 1 is 1.54 bits per heavy atom. The molecule has 0 fully saturated rings. The van der Waals surface area contributed by atoms with E-state index in [1.165, 1.54) is 14.0 Å². The monoisotopic (exact) mass is 189 g/mol. The van der Waals surface area contributed by atoms with E-state index in [1.807, 2.05) is 0 Å². The zero-order valence-corrected chi connectivity index (χ0v) is 8.09. The lowest BCUT2D eigenvalue weighted by molar-refractivity contribution is -0.145. The van der Waals surface area contributed by atoms with Gasteiger partial charge < -0.3 is 9.84 Å².